The lowest BCUT2D eigenvalue weighted by molar-refractivity contribution is 0.578. The van der Waals surface area contributed by atoms with Crippen LogP contribution >= 0.6 is 0 Å². The Bertz CT molecular complexity index is 417. The van der Waals surface area contributed by atoms with Gasteiger partial charge in [-0.15, -0.1) is 0 Å². The number of likely N-dealkylation sites (N-methyl/N-ethyl adjacent to an activating group) is 1. The molecule has 16 heavy (non-hydrogen) atoms. The van der Waals surface area contributed by atoms with Gasteiger partial charge in [-0.2, -0.15) is 0 Å². The fourth-order valence-electron chi connectivity index (χ4n) is 1.18. The largest absolute Gasteiger partial charge is 0.318 e. The van der Waals surface area contributed by atoms with E-state index in [9.17, 15) is 12.8 Å². The third-order valence-electron chi connectivity index (χ3n) is 1.97. The fourth-order valence-corrected chi connectivity index (χ4v) is 2.33. The van der Waals surface area contributed by atoms with Gasteiger partial charge in [-0.3, -0.25) is 0 Å². The second kappa shape index (κ2) is 5.93. The van der Waals surface area contributed by atoms with Crippen molar-refractivity contribution in [3.8, 4) is 0 Å². The number of halogens is 1. The van der Waals surface area contributed by atoms with Crippen molar-refractivity contribution in [1.29, 1.82) is 0 Å². The highest BCUT2D eigenvalue weighted by Gasteiger charge is 2.10. The standard InChI is InChI=1S/C10H15FN2O2S/c1-12-6-7-13-16(14,15)8-9-2-4-10(11)5-3-9/h2-5,12-13H,6-8H2,1H3. The van der Waals surface area contributed by atoms with E-state index in [1.165, 1.54) is 24.3 Å². The molecule has 0 saturated heterocycles. The number of hydrogen-bond acceptors (Lipinski definition) is 3. The summed E-state index contributed by atoms with van der Waals surface area (Å²) in [5.41, 5.74) is 0.568. The van der Waals surface area contributed by atoms with Crippen LogP contribution in [0.3, 0.4) is 0 Å². The lowest BCUT2D eigenvalue weighted by Gasteiger charge is -2.06. The van der Waals surface area contributed by atoms with Crippen LogP contribution in [-0.2, 0) is 15.8 Å². The predicted molar refractivity (Wildman–Crippen MR) is 61.0 cm³/mol. The van der Waals surface area contributed by atoms with Crippen molar-refractivity contribution >= 4 is 10.0 Å². The van der Waals surface area contributed by atoms with Crippen LogP contribution in [0.2, 0.25) is 0 Å². The summed E-state index contributed by atoms with van der Waals surface area (Å²) in [6, 6.07) is 5.43. The van der Waals surface area contributed by atoms with Crippen LogP contribution in [0.25, 0.3) is 0 Å². The Hall–Kier alpha value is -0.980. The molecule has 0 spiro atoms. The van der Waals surface area contributed by atoms with Crippen molar-refractivity contribution in [2.24, 2.45) is 0 Å². The molecular weight excluding hydrogens is 231 g/mol. The molecule has 0 bridgehead atoms. The molecule has 6 heteroatoms. The minimum Gasteiger partial charge on any atom is -0.318 e. The van der Waals surface area contributed by atoms with Gasteiger partial charge in [0.1, 0.15) is 5.82 Å². The number of rotatable bonds is 6. The summed E-state index contributed by atoms with van der Waals surface area (Å²) in [7, 11) is -1.59. The van der Waals surface area contributed by atoms with E-state index in [0.717, 1.165) is 0 Å². The zero-order valence-electron chi connectivity index (χ0n) is 9.03. The molecule has 0 fully saturated rings. The average molecular weight is 246 g/mol. The zero-order chi connectivity index (χ0) is 12.0. The van der Waals surface area contributed by atoms with Crippen LogP contribution < -0.4 is 10.0 Å². The molecule has 0 amide bonds. The van der Waals surface area contributed by atoms with Gasteiger partial charge in [0, 0.05) is 13.1 Å². The highest BCUT2D eigenvalue weighted by Crippen LogP contribution is 2.06. The van der Waals surface area contributed by atoms with Crippen LogP contribution in [-0.4, -0.2) is 28.6 Å². The number of sulfonamides is 1. The van der Waals surface area contributed by atoms with Crippen LogP contribution in [0.5, 0.6) is 0 Å². The lowest BCUT2D eigenvalue weighted by atomic mass is 10.2. The van der Waals surface area contributed by atoms with Crippen LogP contribution in [0.1, 0.15) is 5.56 Å². The second-order valence-electron chi connectivity index (χ2n) is 3.38. The summed E-state index contributed by atoms with van der Waals surface area (Å²) in [6.07, 6.45) is 0. The monoisotopic (exact) mass is 246 g/mol. The van der Waals surface area contributed by atoms with Crippen molar-refractivity contribution in [1.82, 2.24) is 10.0 Å². The maximum absolute atomic E-state index is 12.6. The van der Waals surface area contributed by atoms with E-state index in [4.69, 9.17) is 0 Å². The third kappa shape index (κ3) is 4.69. The molecule has 0 aliphatic rings. The molecule has 0 aromatic heterocycles. The molecule has 1 aromatic rings. The van der Waals surface area contributed by atoms with Crippen molar-refractivity contribution < 1.29 is 12.8 Å². The molecular formula is C10H15FN2O2S. The summed E-state index contributed by atoms with van der Waals surface area (Å²) in [5, 5.41) is 2.84. The number of benzene rings is 1. The van der Waals surface area contributed by atoms with Gasteiger partial charge in [0.05, 0.1) is 5.75 Å². The Morgan fingerprint density at radius 1 is 1.19 bits per heavy atom. The summed E-state index contributed by atoms with van der Waals surface area (Å²) in [5.74, 6) is -0.499. The van der Waals surface area contributed by atoms with Crippen LogP contribution in [0.15, 0.2) is 24.3 Å². The van der Waals surface area contributed by atoms with Gasteiger partial charge in [0.2, 0.25) is 10.0 Å². The molecule has 4 nitrogen and oxygen atoms in total. The van der Waals surface area contributed by atoms with Crippen LogP contribution in [0, 0.1) is 5.82 Å². The minimum absolute atomic E-state index is 0.128. The van der Waals surface area contributed by atoms with Gasteiger partial charge >= 0.3 is 0 Å². The van der Waals surface area contributed by atoms with E-state index in [0.29, 0.717) is 18.7 Å². The fraction of sp³-hybridized carbons (Fsp3) is 0.400. The summed E-state index contributed by atoms with van der Waals surface area (Å²) in [6.45, 7) is 0.919. The summed E-state index contributed by atoms with van der Waals surface area (Å²) in [4.78, 5) is 0. The first-order valence-corrected chi connectivity index (χ1v) is 6.55. The van der Waals surface area contributed by atoms with Gasteiger partial charge < -0.3 is 5.32 Å². The van der Waals surface area contributed by atoms with Crippen molar-refractivity contribution in [2.75, 3.05) is 20.1 Å². The number of hydrogen-bond donors (Lipinski definition) is 2. The predicted octanol–water partition coefficient (Wildman–Crippen LogP) is 0.464. The average Bonchev–Trinajstić information content (AvgIpc) is 2.21. The SMILES string of the molecule is CNCCNS(=O)(=O)Cc1ccc(F)cc1. The first-order chi connectivity index (χ1) is 7.53. The highest BCUT2D eigenvalue weighted by atomic mass is 32.2. The van der Waals surface area contributed by atoms with Gasteiger partial charge in [-0.1, -0.05) is 12.1 Å². The quantitative estimate of drug-likeness (QED) is 0.717. The van der Waals surface area contributed by atoms with E-state index < -0.39 is 10.0 Å². The third-order valence-corrected chi connectivity index (χ3v) is 3.32. The molecule has 0 radical (unpaired) electrons. The smallest absolute Gasteiger partial charge is 0.215 e. The molecule has 90 valence electrons. The Kier molecular flexibility index (Phi) is 4.85. The van der Waals surface area contributed by atoms with E-state index >= 15 is 0 Å². The van der Waals surface area contributed by atoms with Gasteiger partial charge in [-0.05, 0) is 24.7 Å². The van der Waals surface area contributed by atoms with E-state index in [2.05, 4.69) is 10.0 Å². The Balaban J connectivity index is 2.55. The first-order valence-electron chi connectivity index (χ1n) is 4.90. The molecule has 0 atom stereocenters. The molecule has 0 saturated carbocycles. The second-order valence-corrected chi connectivity index (χ2v) is 5.19. The molecule has 0 heterocycles. The molecule has 2 N–H and O–H groups in total. The minimum atomic E-state index is -3.33. The van der Waals surface area contributed by atoms with E-state index in [1.807, 2.05) is 0 Å². The topological polar surface area (TPSA) is 58.2 Å². The maximum Gasteiger partial charge on any atom is 0.215 e. The van der Waals surface area contributed by atoms with Gasteiger partial charge in [0.15, 0.2) is 0 Å². The molecule has 1 rings (SSSR count). The Labute approximate surface area is 94.9 Å². The van der Waals surface area contributed by atoms with Crippen molar-refractivity contribution in [3.05, 3.63) is 35.6 Å². The zero-order valence-corrected chi connectivity index (χ0v) is 9.85. The van der Waals surface area contributed by atoms with Crippen molar-refractivity contribution in [3.63, 3.8) is 0 Å². The van der Waals surface area contributed by atoms with Crippen molar-refractivity contribution in [2.45, 2.75) is 5.75 Å². The normalized spacial score (nSPS) is 11.6. The van der Waals surface area contributed by atoms with Gasteiger partial charge in [0.25, 0.3) is 0 Å². The Morgan fingerprint density at radius 2 is 1.81 bits per heavy atom. The summed E-state index contributed by atoms with van der Waals surface area (Å²) < 4.78 is 38.1. The molecule has 0 unspecified atom stereocenters. The van der Waals surface area contributed by atoms with Crippen LogP contribution in [0.4, 0.5) is 4.39 Å². The van der Waals surface area contributed by atoms with Gasteiger partial charge in [-0.25, -0.2) is 17.5 Å². The lowest BCUT2D eigenvalue weighted by Crippen LogP contribution is -2.31. The molecule has 1 aromatic carbocycles. The van der Waals surface area contributed by atoms with E-state index in [1.54, 1.807) is 7.05 Å². The summed E-state index contributed by atoms with van der Waals surface area (Å²) >= 11 is 0. The number of nitrogens with one attached hydrogen (secondary N) is 2. The highest BCUT2D eigenvalue weighted by molar-refractivity contribution is 7.88. The Morgan fingerprint density at radius 3 is 2.38 bits per heavy atom. The molecule has 0 aliphatic heterocycles. The van der Waals surface area contributed by atoms with E-state index in [-0.39, 0.29) is 11.6 Å². The first kappa shape index (κ1) is 13.1. The molecule has 0 aliphatic carbocycles. The maximum atomic E-state index is 12.6.